The number of thiol groups is 1. The summed E-state index contributed by atoms with van der Waals surface area (Å²) >= 11 is 6.19. The van der Waals surface area contributed by atoms with Crippen LogP contribution in [0.1, 0.15) is 0 Å². The van der Waals surface area contributed by atoms with Crippen LogP contribution in [0.25, 0.3) is 0 Å². The van der Waals surface area contributed by atoms with Gasteiger partial charge in [-0.2, -0.15) is 0 Å². The minimum atomic E-state index is 1.02. The van der Waals surface area contributed by atoms with Crippen molar-refractivity contribution in [1.82, 2.24) is 0 Å². The van der Waals surface area contributed by atoms with E-state index >= 15 is 0 Å². The second-order valence-corrected chi connectivity index (χ2v) is 3.85. The molecule has 1 N–H and O–H groups in total. The Labute approximate surface area is 110 Å². The summed E-state index contributed by atoms with van der Waals surface area (Å²) in [4.78, 5) is 1.02. The van der Waals surface area contributed by atoms with Gasteiger partial charge < -0.3 is 3.53 Å². The van der Waals surface area contributed by atoms with Crippen molar-refractivity contribution in [3.05, 3.63) is 60.7 Å². The number of rotatable bonds is 1. The lowest BCUT2D eigenvalue weighted by atomic mass is 10.3. The number of hydrogen-bond donors (Lipinski definition) is 2. The quantitative estimate of drug-likeness (QED) is 0.448. The molecule has 0 aliphatic heterocycles. The molecule has 1 nitrogen and oxygen atoms in total. The molecule has 0 bridgehead atoms. The van der Waals surface area contributed by atoms with Crippen LogP contribution in [0.3, 0.4) is 0 Å². The molecule has 0 aliphatic carbocycles. The van der Waals surface area contributed by atoms with E-state index in [1.165, 1.54) is 0 Å². The van der Waals surface area contributed by atoms with E-state index in [1.54, 1.807) is 0 Å². The Balaban J connectivity index is 0.000000151. The molecule has 15 heavy (non-hydrogen) atoms. The van der Waals surface area contributed by atoms with Crippen molar-refractivity contribution in [3.63, 3.8) is 0 Å². The highest BCUT2D eigenvalue weighted by Crippen LogP contribution is 2.05. The fourth-order valence-electron chi connectivity index (χ4n) is 0.929. The molecule has 0 spiro atoms. The van der Waals surface area contributed by atoms with Crippen LogP contribution < -0.4 is 3.53 Å². The fourth-order valence-corrected chi connectivity index (χ4v) is 1.46. The number of hydrogen-bond acceptors (Lipinski definition) is 2. The van der Waals surface area contributed by atoms with Crippen LogP contribution in [-0.2, 0) is 0 Å². The fraction of sp³-hybridized carbons (Fsp3) is 0. The van der Waals surface area contributed by atoms with Crippen LogP contribution in [0.15, 0.2) is 65.6 Å². The average molecular weight is 329 g/mol. The van der Waals surface area contributed by atoms with Crippen molar-refractivity contribution in [2.75, 3.05) is 3.53 Å². The number of anilines is 1. The van der Waals surface area contributed by atoms with Crippen molar-refractivity contribution in [1.29, 1.82) is 0 Å². The SMILES string of the molecule is INc1ccccc1.Sc1ccccc1. The van der Waals surface area contributed by atoms with Gasteiger partial charge in [0.2, 0.25) is 0 Å². The summed E-state index contributed by atoms with van der Waals surface area (Å²) in [5, 5.41) is 0. The van der Waals surface area contributed by atoms with Crippen LogP contribution in [0.4, 0.5) is 5.69 Å². The maximum Gasteiger partial charge on any atom is 0.0560 e. The van der Waals surface area contributed by atoms with Gasteiger partial charge in [-0.05, 0) is 24.3 Å². The Kier molecular flexibility index (Phi) is 6.27. The van der Waals surface area contributed by atoms with E-state index in [2.05, 4.69) is 39.0 Å². The molecule has 0 unspecified atom stereocenters. The standard InChI is InChI=1S/C6H6IN.C6H6S/c7-8-6-4-2-1-3-5-6;7-6-4-2-1-3-5-6/h1-5,8H;1-5,7H. The van der Waals surface area contributed by atoms with Gasteiger partial charge in [0.15, 0.2) is 0 Å². The molecule has 0 aromatic heterocycles. The molecule has 0 atom stereocenters. The van der Waals surface area contributed by atoms with Crippen LogP contribution in [0.5, 0.6) is 0 Å². The van der Waals surface area contributed by atoms with E-state index < -0.39 is 0 Å². The van der Waals surface area contributed by atoms with Gasteiger partial charge in [-0.15, -0.1) is 12.6 Å². The van der Waals surface area contributed by atoms with Gasteiger partial charge >= 0.3 is 0 Å². The summed E-state index contributed by atoms with van der Waals surface area (Å²) < 4.78 is 3.00. The Hall–Kier alpha value is -0.680. The number of para-hydroxylation sites is 1. The third kappa shape index (κ3) is 5.69. The van der Waals surface area contributed by atoms with Gasteiger partial charge in [0.05, 0.1) is 22.9 Å². The van der Waals surface area contributed by atoms with Crippen molar-refractivity contribution in [3.8, 4) is 0 Å². The summed E-state index contributed by atoms with van der Waals surface area (Å²) in [6.45, 7) is 0. The first-order chi connectivity index (χ1) is 7.33. The maximum atomic E-state index is 4.08. The summed E-state index contributed by atoms with van der Waals surface area (Å²) in [5.74, 6) is 0. The Morgan fingerprint density at radius 1 is 0.800 bits per heavy atom. The van der Waals surface area contributed by atoms with Gasteiger partial charge in [-0.1, -0.05) is 36.4 Å². The molecule has 0 fully saturated rings. The van der Waals surface area contributed by atoms with Crippen LogP contribution in [0.2, 0.25) is 0 Å². The van der Waals surface area contributed by atoms with Gasteiger partial charge in [-0.25, -0.2) is 0 Å². The van der Waals surface area contributed by atoms with Gasteiger partial charge in [0.1, 0.15) is 0 Å². The summed E-state index contributed by atoms with van der Waals surface area (Å²) in [5.41, 5.74) is 1.15. The molecule has 2 aromatic rings. The monoisotopic (exact) mass is 329 g/mol. The third-order valence-electron chi connectivity index (χ3n) is 1.64. The second kappa shape index (κ2) is 7.59. The first-order valence-corrected chi connectivity index (χ1v) is 6.01. The van der Waals surface area contributed by atoms with E-state index in [4.69, 9.17) is 0 Å². The van der Waals surface area contributed by atoms with Gasteiger partial charge in [-0.3, -0.25) is 0 Å². The lowest BCUT2D eigenvalue weighted by molar-refractivity contribution is 1.48. The normalized spacial score (nSPS) is 8.67. The molecule has 78 valence electrons. The second-order valence-electron chi connectivity index (χ2n) is 2.80. The molecule has 2 aromatic carbocycles. The van der Waals surface area contributed by atoms with Crippen molar-refractivity contribution < 1.29 is 0 Å². The molecule has 0 saturated carbocycles. The minimum Gasteiger partial charge on any atom is -0.328 e. The number of halogens is 1. The van der Waals surface area contributed by atoms with Crippen molar-refractivity contribution in [2.45, 2.75) is 4.90 Å². The smallest absolute Gasteiger partial charge is 0.0560 e. The average Bonchev–Trinajstić information content (AvgIpc) is 2.32. The van der Waals surface area contributed by atoms with Gasteiger partial charge in [0, 0.05) is 10.6 Å². The molecular formula is C12H12INS. The molecule has 0 amide bonds. The zero-order chi connectivity index (χ0) is 10.9. The molecule has 0 radical (unpaired) electrons. The van der Waals surface area contributed by atoms with Crippen LogP contribution >= 0.6 is 35.5 Å². The minimum absolute atomic E-state index is 1.02. The lowest BCUT2D eigenvalue weighted by Gasteiger charge is -1.91. The largest absolute Gasteiger partial charge is 0.328 e. The lowest BCUT2D eigenvalue weighted by Crippen LogP contribution is -1.73. The zero-order valence-corrected chi connectivity index (χ0v) is 11.2. The topological polar surface area (TPSA) is 12.0 Å². The highest BCUT2D eigenvalue weighted by Gasteiger charge is 1.79. The van der Waals surface area contributed by atoms with Crippen molar-refractivity contribution in [2.24, 2.45) is 0 Å². The molecule has 2 rings (SSSR count). The highest BCUT2D eigenvalue weighted by molar-refractivity contribution is 14.1. The number of benzene rings is 2. The van der Waals surface area contributed by atoms with E-state index in [1.807, 2.05) is 60.7 Å². The highest BCUT2D eigenvalue weighted by atomic mass is 127. The van der Waals surface area contributed by atoms with E-state index in [0.29, 0.717) is 0 Å². The van der Waals surface area contributed by atoms with E-state index in [9.17, 15) is 0 Å². The molecule has 0 saturated heterocycles. The summed E-state index contributed by atoms with van der Waals surface area (Å²) in [7, 11) is 0. The first kappa shape index (κ1) is 12.4. The van der Waals surface area contributed by atoms with Gasteiger partial charge in [0.25, 0.3) is 0 Å². The molecule has 0 aliphatic rings. The molecule has 3 heteroatoms. The predicted octanol–water partition coefficient (Wildman–Crippen LogP) is 4.42. The predicted molar refractivity (Wildman–Crippen MR) is 77.8 cm³/mol. The maximum absolute atomic E-state index is 4.08. The summed E-state index contributed by atoms with van der Waals surface area (Å²) in [6, 6.07) is 19.8. The van der Waals surface area contributed by atoms with Crippen LogP contribution in [-0.4, -0.2) is 0 Å². The number of nitrogens with one attached hydrogen (secondary N) is 1. The third-order valence-corrected chi connectivity index (χ3v) is 2.56. The van der Waals surface area contributed by atoms with Crippen LogP contribution in [0, 0.1) is 0 Å². The van der Waals surface area contributed by atoms with E-state index in [0.717, 1.165) is 10.6 Å². The van der Waals surface area contributed by atoms with Crippen molar-refractivity contribution >= 4 is 41.2 Å². The Bertz CT molecular complexity index is 364. The Morgan fingerprint density at radius 2 is 1.27 bits per heavy atom. The zero-order valence-electron chi connectivity index (χ0n) is 8.10. The Morgan fingerprint density at radius 3 is 1.53 bits per heavy atom. The molecule has 0 heterocycles. The first-order valence-electron chi connectivity index (χ1n) is 4.48. The summed E-state index contributed by atoms with van der Waals surface area (Å²) in [6.07, 6.45) is 0. The molecular weight excluding hydrogens is 317 g/mol. The van der Waals surface area contributed by atoms with E-state index in [-0.39, 0.29) is 0 Å².